The lowest BCUT2D eigenvalue weighted by Crippen LogP contribution is -2.37. The van der Waals surface area contributed by atoms with E-state index in [0.717, 1.165) is 12.0 Å². The predicted molar refractivity (Wildman–Crippen MR) is 80.6 cm³/mol. The number of hydrogen-bond acceptors (Lipinski definition) is 2. The van der Waals surface area contributed by atoms with E-state index in [4.69, 9.17) is 16.7 Å². The standard InChI is InChI=1S/C16H20ClNO2/c1-11(8-12-2-5-14(17)6-3-12)16(20)18-15-7-4-13(9-15)10-19/h2-7,11,13,15,19H,8-10H2,1H3,(H,18,20)/t11?,13-,15+/m0/s1. The zero-order chi connectivity index (χ0) is 14.5. The molecular weight excluding hydrogens is 274 g/mol. The highest BCUT2D eigenvalue weighted by Gasteiger charge is 2.22. The smallest absolute Gasteiger partial charge is 0.223 e. The zero-order valence-electron chi connectivity index (χ0n) is 11.6. The van der Waals surface area contributed by atoms with E-state index in [-0.39, 0.29) is 30.4 Å². The van der Waals surface area contributed by atoms with Crippen LogP contribution in [0, 0.1) is 11.8 Å². The summed E-state index contributed by atoms with van der Waals surface area (Å²) in [5, 5.41) is 12.8. The molecule has 4 heteroatoms. The second kappa shape index (κ2) is 6.91. The van der Waals surface area contributed by atoms with Crippen LogP contribution in [-0.4, -0.2) is 23.7 Å². The minimum absolute atomic E-state index is 0.0484. The van der Waals surface area contributed by atoms with Crippen LogP contribution in [-0.2, 0) is 11.2 Å². The fourth-order valence-electron chi connectivity index (χ4n) is 2.41. The molecule has 2 rings (SSSR count). The van der Waals surface area contributed by atoms with E-state index >= 15 is 0 Å². The molecule has 3 nitrogen and oxygen atoms in total. The van der Waals surface area contributed by atoms with Crippen molar-refractivity contribution in [3.63, 3.8) is 0 Å². The molecule has 1 aliphatic rings. The van der Waals surface area contributed by atoms with Crippen LogP contribution < -0.4 is 5.32 Å². The summed E-state index contributed by atoms with van der Waals surface area (Å²) in [5.74, 6) is 0.137. The Hall–Kier alpha value is -1.32. The average molecular weight is 294 g/mol. The predicted octanol–water partition coefficient (Wildman–Crippen LogP) is 2.57. The number of benzene rings is 1. The van der Waals surface area contributed by atoms with Gasteiger partial charge in [0.1, 0.15) is 0 Å². The number of aliphatic hydroxyl groups excluding tert-OH is 1. The quantitative estimate of drug-likeness (QED) is 0.820. The van der Waals surface area contributed by atoms with Gasteiger partial charge in [-0.1, -0.05) is 42.8 Å². The number of carbonyl (C=O) groups excluding carboxylic acids is 1. The van der Waals surface area contributed by atoms with Gasteiger partial charge in [0.05, 0.1) is 0 Å². The molecule has 3 atom stereocenters. The Labute approximate surface area is 124 Å². The van der Waals surface area contributed by atoms with Crippen LogP contribution >= 0.6 is 11.6 Å². The van der Waals surface area contributed by atoms with Crippen LogP contribution in [0.25, 0.3) is 0 Å². The maximum atomic E-state index is 12.1. The van der Waals surface area contributed by atoms with Crippen LogP contribution in [0.15, 0.2) is 36.4 Å². The van der Waals surface area contributed by atoms with Crippen molar-refractivity contribution in [1.29, 1.82) is 0 Å². The van der Waals surface area contributed by atoms with Gasteiger partial charge in [0.15, 0.2) is 0 Å². The van der Waals surface area contributed by atoms with Gasteiger partial charge in [-0.3, -0.25) is 4.79 Å². The summed E-state index contributed by atoms with van der Waals surface area (Å²) in [6, 6.07) is 7.62. The number of nitrogens with one attached hydrogen (secondary N) is 1. The van der Waals surface area contributed by atoms with Gasteiger partial charge in [-0.25, -0.2) is 0 Å². The lowest BCUT2D eigenvalue weighted by molar-refractivity contribution is -0.124. The molecule has 0 saturated heterocycles. The van der Waals surface area contributed by atoms with Crippen LogP contribution in [0.3, 0.4) is 0 Å². The van der Waals surface area contributed by atoms with Crippen molar-refractivity contribution >= 4 is 17.5 Å². The Morgan fingerprint density at radius 1 is 1.40 bits per heavy atom. The molecule has 1 aromatic carbocycles. The summed E-state index contributed by atoms with van der Waals surface area (Å²) in [6.45, 7) is 2.06. The summed E-state index contributed by atoms with van der Waals surface area (Å²) in [6.07, 6.45) is 5.42. The number of carbonyl (C=O) groups is 1. The van der Waals surface area contributed by atoms with Gasteiger partial charge >= 0.3 is 0 Å². The van der Waals surface area contributed by atoms with Gasteiger partial charge in [-0.15, -0.1) is 0 Å². The van der Waals surface area contributed by atoms with E-state index in [0.29, 0.717) is 11.4 Å². The first-order valence-corrected chi connectivity index (χ1v) is 7.30. The number of aliphatic hydroxyl groups is 1. The normalized spacial score (nSPS) is 22.8. The largest absolute Gasteiger partial charge is 0.396 e. The van der Waals surface area contributed by atoms with Gasteiger partial charge in [0.2, 0.25) is 5.91 Å². The fourth-order valence-corrected chi connectivity index (χ4v) is 2.53. The molecule has 2 N–H and O–H groups in total. The number of amides is 1. The van der Waals surface area contributed by atoms with Gasteiger partial charge in [-0.05, 0) is 30.5 Å². The Kier molecular flexibility index (Phi) is 5.21. The average Bonchev–Trinajstić information content (AvgIpc) is 2.89. The maximum absolute atomic E-state index is 12.1. The Balaban J connectivity index is 1.83. The first-order chi connectivity index (χ1) is 9.58. The Bertz CT molecular complexity index is 484. The van der Waals surface area contributed by atoms with E-state index < -0.39 is 0 Å². The highest BCUT2D eigenvalue weighted by molar-refractivity contribution is 6.30. The molecule has 1 aliphatic carbocycles. The number of halogens is 1. The molecule has 0 aliphatic heterocycles. The molecule has 0 bridgehead atoms. The third-order valence-electron chi connectivity index (χ3n) is 3.64. The maximum Gasteiger partial charge on any atom is 0.223 e. The van der Waals surface area contributed by atoms with Crippen molar-refractivity contribution in [2.24, 2.45) is 11.8 Å². The molecule has 1 aromatic rings. The third-order valence-corrected chi connectivity index (χ3v) is 3.89. The molecule has 0 fully saturated rings. The van der Waals surface area contributed by atoms with Crippen LogP contribution in [0.2, 0.25) is 5.02 Å². The molecule has 0 radical (unpaired) electrons. The molecule has 0 heterocycles. The second-order valence-corrected chi connectivity index (χ2v) is 5.85. The highest BCUT2D eigenvalue weighted by atomic mass is 35.5. The molecule has 0 aromatic heterocycles. The minimum Gasteiger partial charge on any atom is -0.396 e. The van der Waals surface area contributed by atoms with E-state index in [9.17, 15) is 4.79 Å². The minimum atomic E-state index is -0.0854. The lowest BCUT2D eigenvalue weighted by atomic mass is 10.00. The summed E-state index contributed by atoms with van der Waals surface area (Å²) in [4.78, 5) is 12.1. The monoisotopic (exact) mass is 293 g/mol. The third kappa shape index (κ3) is 4.09. The van der Waals surface area contributed by atoms with Gasteiger partial charge in [-0.2, -0.15) is 0 Å². The first kappa shape index (κ1) is 15.1. The Morgan fingerprint density at radius 2 is 2.10 bits per heavy atom. The van der Waals surface area contributed by atoms with Crippen molar-refractivity contribution in [3.8, 4) is 0 Å². The molecule has 1 amide bonds. The van der Waals surface area contributed by atoms with Gasteiger partial charge in [0.25, 0.3) is 0 Å². The fraction of sp³-hybridized carbons (Fsp3) is 0.438. The van der Waals surface area contributed by atoms with Crippen LogP contribution in [0.1, 0.15) is 18.9 Å². The van der Waals surface area contributed by atoms with E-state index in [1.54, 1.807) is 0 Å². The first-order valence-electron chi connectivity index (χ1n) is 6.92. The van der Waals surface area contributed by atoms with Gasteiger partial charge in [0, 0.05) is 29.5 Å². The van der Waals surface area contributed by atoms with Crippen molar-refractivity contribution in [3.05, 3.63) is 47.0 Å². The molecular formula is C16H20ClNO2. The van der Waals surface area contributed by atoms with E-state index in [1.165, 1.54) is 0 Å². The van der Waals surface area contributed by atoms with E-state index in [2.05, 4.69) is 5.32 Å². The molecule has 108 valence electrons. The van der Waals surface area contributed by atoms with Crippen molar-refractivity contribution in [2.75, 3.05) is 6.61 Å². The summed E-state index contributed by atoms with van der Waals surface area (Å²) in [7, 11) is 0. The SMILES string of the molecule is CC(Cc1ccc(Cl)cc1)C(=O)N[C@@H]1C=C[C@H](CO)C1. The van der Waals surface area contributed by atoms with Crippen molar-refractivity contribution in [2.45, 2.75) is 25.8 Å². The second-order valence-electron chi connectivity index (χ2n) is 5.41. The molecule has 0 spiro atoms. The molecule has 0 saturated carbocycles. The molecule has 20 heavy (non-hydrogen) atoms. The zero-order valence-corrected chi connectivity index (χ0v) is 12.3. The molecule has 1 unspecified atom stereocenters. The van der Waals surface area contributed by atoms with Crippen molar-refractivity contribution in [1.82, 2.24) is 5.32 Å². The Morgan fingerprint density at radius 3 is 2.70 bits per heavy atom. The van der Waals surface area contributed by atoms with Gasteiger partial charge < -0.3 is 10.4 Å². The topological polar surface area (TPSA) is 49.3 Å². The summed E-state index contributed by atoms with van der Waals surface area (Å²) < 4.78 is 0. The van der Waals surface area contributed by atoms with Crippen molar-refractivity contribution < 1.29 is 9.90 Å². The summed E-state index contributed by atoms with van der Waals surface area (Å²) in [5.41, 5.74) is 1.10. The van der Waals surface area contributed by atoms with E-state index in [1.807, 2.05) is 43.3 Å². The lowest BCUT2D eigenvalue weighted by Gasteiger charge is -2.17. The number of rotatable bonds is 5. The highest BCUT2D eigenvalue weighted by Crippen LogP contribution is 2.18. The number of hydrogen-bond donors (Lipinski definition) is 2. The van der Waals surface area contributed by atoms with Crippen LogP contribution in [0.5, 0.6) is 0 Å². The summed E-state index contributed by atoms with van der Waals surface area (Å²) >= 11 is 5.84. The van der Waals surface area contributed by atoms with Crippen LogP contribution in [0.4, 0.5) is 0 Å².